The number of methoxy groups -OCH3 is 1. The van der Waals surface area contributed by atoms with Crippen LogP contribution in [0.15, 0.2) is 18.2 Å². The molecule has 1 aromatic rings. The van der Waals surface area contributed by atoms with E-state index in [2.05, 4.69) is 5.32 Å². The summed E-state index contributed by atoms with van der Waals surface area (Å²) in [4.78, 5) is 0. The van der Waals surface area contributed by atoms with E-state index in [1.807, 2.05) is 0 Å². The second-order valence-corrected chi connectivity index (χ2v) is 4.22. The minimum atomic E-state index is -4.33. The molecule has 2 rings (SSSR count). The molecule has 1 aliphatic rings. The molecule has 1 aromatic carbocycles. The van der Waals surface area contributed by atoms with E-state index in [1.165, 1.54) is 7.11 Å². The number of hydrogen-bond acceptors (Lipinski definition) is 2. The van der Waals surface area contributed by atoms with Crippen LogP contribution in [0, 0.1) is 0 Å². The van der Waals surface area contributed by atoms with Crippen LogP contribution >= 0.6 is 0 Å². The topological polar surface area (TPSA) is 21.3 Å². The maximum atomic E-state index is 12.6. The molecular formula is C12H14F3NO. The van der Waals surface area contributed by atoms with Gasteiger partial charge >= 0.3 is 6.18 Å². The zero-order valence-corrected chi connectivity index (χ0v) is 9.47. The van der Waals surface area contributed by atoms with Crippen LogP contribution in [0.2, 0.25) is 0 Å². The average molecular weight is 245 g/mol. The molecule has 2 nitrogen and oxygen atoms in total. The molecule has 0 unspecified atom stereocenters. The third-order valence-electron chi connectivity index (χ3n) is 2.70. The molecule has 0 radical (unpaired) electrons. The van der Waals surface area contributed by atoms with Crippen molar-refractivity contribution in [2.45, 2.75) is 31.6 Å². The van der Waals surface area contributed by atoms with Crippen molar-refractivity contribution in [1.29, 1.82) is 0 Å². The normalized spacial score (nSPS) is 16.0. The Labute approximate surface area is 97.8 Å². The second-order valence-electron chi connectivity index (χ2n) is 4.22. The monoisotopic (exact) mass is 245 g/mol. The summed E-state index contributed by atoms with van der Waals surface area (Å²) in [5.41, 5.74) is -0.0620. The van der Waals surface area contributed by atoms with Gasteiger partial charge in [0.05, 0.1) is 12.7 Å². The Bertz CT molecular complexity index is 399. The maximum Gasteiger partial charge on any atom is 0.416 e. The number of halogens is 3. The SMILES string of the molecule is COc1cc(CNC2CC2)cc(C(F)(F)F)c1. The van der Waals surface area contributed by atoms with Gasteiger partial charge in [0.25, 0.3) is 0 Å². The lowest BCUT2D eigenvalue weighted by atomic mass is 10.1. The Hall–Kier alpha value is -1.23. The fourth-order valence-electron chi connectivity index (χ4n) is 1.59. The van der Waals surface area contributed by atoms with E-state index in [4.69, 9.17) is 4.74 Å². The predicted octanol–water partition coefficient (Wildman–Crippen LogP) is 2.97. The summed E-state index contributed by atoms with van der Waals surface area (Å²) in [7, 11) is 1.37. The van der Waals surface area contributed by atoms with Gasteiger partial charge in [0, 0.05) is 12.6 Å². The third kappa shape index (κ3) is 3.36. The van der Waals surface area contributed by atoms with Gasteiger partial charge in [0.1, 0.15) is 5.75 Å². The van der Waals surface area contributed by atoms with Crippen molar-refractivity contribution < 1.29 is 17.9 Å². The Kier molecular flexibility index (Phi) is 3.28. The van der Waals surface area contributed by atoms with Crippen LogP contribution in [-0.4, -0.2) is 13.2 Å². The van der Waals surface area contributed by atoms with Gasteiger partial charge in [-0.2, -0.15) is 13.2 Å². The van der Waals surface area contributed by atoms with Gasteiger partial charge in [-0.25, -0.2) is 0 Å². The van der Waals surface area contributed by atoms with Crippen LogP contribution in [0.3, 0.4) is 0 Å². The average Bonchev–Trinajstić information content (AvgIpc) is 3.08. The summed E-state index contributed by atoms with van der Waals surface area (Å²) in [5.74, 6) is 0.243. The smallest absolute Gasteiger partial charge is 0.416 e. The highest BCUT2D eigenvalue weighted by Crippen LogP contribution is 2.32. The summed E-state index contributed by atoms with van der Waals surface area (Å²) in [5, 5.41) is 3.18. The molecule has 0 saturated heterocycles. The van der Waals surface area contributed by atoms with Crippen molar-refractivity contribution in [3.05, 3.63) is 29.3 Å². The molecular weight excluding hydrogens is 231 g/mol. The van der Waals surface area contributed by atoms with Gasteiger partial charge in [0.2, 0.25) is 0 Å². The number of benzene rings is 1. The molecule has 1 saturated carbocycles. The van der Waals surface area contributed by atoms with E-state index in [0.717, 1.165) is 25.0 Å². The molecule has 5 heteroatoms. The molecule has 94 valence electrons. The van der Waals surface area contributed by atoms with Crippen molar-refractivity contribution >= 4 is 0 Å². The minimum Gasteiger partial charge on any atom is -0.497 e. The van der Waals surface area contributed by atoms with E-state index in [9.17, 15) is 13.2 Å². The zero-order chi connectivity index (χ0) is 12.5. The van der Waals surface area contributed by atoms with Crippen molar-refractivity contribution in [2.24, 2.45) is 0 Å². The van der Waals surface area contributed by atoms with Crippen LogP contribution < -0.4 is 10.1 Å². The van der Waals surface area contributed by atoms with Crippen LogP contribution in [-0.2, 0) is 12.7 Å². The quantitative estimate of drug-likeness (QED) is 0.880. The highest BCUT2D eigenvalue weighted by atomic mass is 19.4. The summed E-state index contributed by atoms with van der Waals surface area (Å²) in [6.07, 6.45) is -2.12. The highest BCUT2D eigenvalue weighted by Gasteiger charge is 2.31. The molecule has 0 heterocycles. The van der Waals surface area contributed by atoms with E-state index < -0.39 is 11.7 Å². The number of rotatable bonds is 4. The van der Waals surface area contributed by atoms with Gasteiger partial charge in [-0.05, 0) is 36.6 Å². The Balaban J connectivity index is 2.18. The fourth-order valence-corrected chi connectivity index (χ4v) is 1.59. The van der Waals surface area contributed by atoms with Crippen LogP contribution in [0.1, 0.15) is 24.0 Å². The van der Waals surface area contributed by atoms with E-state index >= 15 is 0 Å². The molecule has 17 heavy (non-hydrogen) atoms. The number of hydrogen-bond donors (Lipinski definition) is 1. The number of nitrogens with one attached hydrogen (secondary N) is 1. The summed E-state index contributed by atoms with van der Waals surface area (Å²) in [6, 6.07) is 4.28. The summed E-state index contributed by atoms with van der Waals surface area (Å²) >= 11 is 0. The molecule has 0 aromatic heterocycles. The lowest BCUT2D eigenvalue weighted by molar-refractivity contribution is -0.137. The van der Waals surface area contributed by atoms with Crippen LogP contribution in [0.4, 0.5) is 13.2 Å². The van der Waals surface area contributed by atoms with Crippen LogP contribution in [0.5, 0.6) is 5.75 Å². The first-order chi connectivity index (χ1) is 7.99. The predicted molar refractivity (Wildman–Crippen MR) is 57.9 cm³/mol. The van der Waals surface area contributed by atoms with E-state index in [1.54, 1.807) is 6.07 Å². The highest BCUT2D eigenvalue weighted by molar-refractivity contribution is 5.36. The lowest BCUT2D eigenvalue weighted by Crippen LogP contribution is -2.16. The van der Waals surface area contributed by atoms with Crippen LogP contribution in [0.25, 0.3) is 0 Å². The molecule has 0 bridgehead atoms. The molecule has 0 spiro atoms. The Morgan fingerprint density at radius 3 is 2.53 bits per heavy atom. The molecule has 0 amide bonds. The first-order valence-electron chi connectivity index (χ1n) is 5.47. The summed E-state index contributed by atoms with van der Waals surface area (Å²) in [6.45, 7) is 0.449. The molecule has 0 atom stereocenters. The molecule has 1 N–H and O–H groups in total. The molecule has 1 fully saturated rings. The maximum absolute atomic E-state index is 12.6. The Morgan fingerprint density at radius 1 is 1.29 bits per heavy atom. The number of ether oxygens (including phenoxy) is 1. The number of alkyl halides is 3. The van der Waals surface area contributed by atoms with Crippen molar-refractivity contribution in [3.8, 4) is 5.75 Å². The minimum absolute atomic E-state index is 0.243. The molecule has 1 aliphatic carbocycles. The first-order valence-corrected chi connectivity index (χ1v) is 5.47. The second kappa shape index (κ2) is 4.56. The zero-order valence-electron chi connectivity index (χ0n) is 9.47. The van der Waals surface area contributed by atoms with Gasteiger partial charge in [-0.1, -0.05) is 0 Å². The van der Waals surface area contributed by atoms with Crippen molar-refractivity contribution in [1.82, 2.24) is 5.32 Å². The molecule has 0 aliphatic heterocycles. The largest absolute Gasteiger partial charge is 0.497 e. The lowest BCUT2D eigenvalue weighted by Gasteiger charge is -2.12. The van der Waals surface area contributed by atoms with E-state index in [0.29, 0.717) is 18.2 Å². The van der Waals surface area contributed by atoms with Crippen molar-refractivity contribution in [3.63, 3.8) is 0 Å². The van der Waals surface area contributed by atoms with Gasteiger partial charge < -0.3 is 10.1 Å². The van der Waals surface area contributed by atoms with E-state index in [-0.39, 0.29) is 5.75 Å². The Morgan fingerprint density at radius 2 is 2.00 bits per heavy atom. The first kappa shape index (κ1) is 12.2. The third-order valence-corrected chi connectivity index (χ3v) is 2.70. The van der Waals surface area contributed by atoms with Crippen molar-refractivity contribution in [2.75, 3.05) is 7.11 Å². The fraction of sp³-hybridized carbons (Fsp3) is 0.500. The van der Waals surface area contributed by atoms with Gasteiger partial charge in [-0.3, -0.25) is 0 Å². The van der Waals surface area contributed by atoms with Gasteiger partial charge in [-0.15, -0.1) is 0 Å². The van der Waals surface area contributed by atoms with Gasteiger partial charge in [0.15, 0.2) is 0 Å². The standard InChI is InChI=1S/C12H14F3NO/c1-17-11-5-8(7-16-10-2-3-10)4-9(6-11)12(13,14)15/h4-6,10,16H,2-3,7H2,1H3. The summed E-state index contributed by atoms with van der Waals surface area (Å²) < 4.78 is 42.7.